The van der Waals surface area contributed by atoms with Gasteiger partial charge >= 0.3 is 5.97 Å². The van der Waals surface area contributed by atoms with E-state index in [9.17, 15) is 19.2 Å². The fourth-order valence-electron chi connectivity index (χ4n) is 2.94. The van der Waals surface area contributed by atoms with Crippen molar-refractivity contribution in [3.05, 3.63) is 41.7 Å². The van der Waals surface area contributed by atoms with Crippen LogP contribution in [0.4, 0.5) is 4.39 Å². The lowest BCUT2D eigenvalue weighted by molar-refractivity contribution is -0.150. The summed E-state index contributed by atoms with van der Waals surface area (Å²) in [6, 6.07) is 8.26. The predicted molar refractivity (Wildman–Crippen MR) is 90.6 cm³/mol. The van der Waals surface area contributed by atoms with Crippen LogP contribution in [0.15, 0.2) is 30.3 Å². The number of likely N-dealkylation sites (N-methyl/N-ethyl adjacent to an activating group) is 1. The largest absolute Gasteiger partial charge is 0.452 e. The third kappa shape index (κ3) is 4.66. The molecule has 1 amide bonds. The Labute approximate surface area is 146 Å². The van der Waals surface area contributed by atoms with Gasteiger partial charge in [0.15, 0.2) is 6.61 Å². The third-order valence-corrected chi connectivity index (χ3v) is 4.55. The molecule has 1 aromatic rings. The van der Waals surface area contributed by atoms with Gasteiger partial charge < -0.3 is 9.64 Å². The Morgan fingerprint density at radius 2 is 2.00 bits per heavy atom. The highest BCUT2D eigenvalue weighted by atomic mass is 19.1. The number of ether oxygens (including phenoxy) is 1. The van der Waals surface area contributed by atoms with Crippen molar-refractivity contribution >= 4 is 18.0 Å². The SMILES string of the molecule is CN(C(=O)COC(=O)C=Cc1ccccc1F)C1(C#N)CCCCC1. The van der Waals surface area contributed by atoms with Crippen molar-refractivity contribution in [2.75, 3.05) is 13.7 Å². The zero-order chi connectivity index (χ0) is 18.3. The molecule has 2 rings (SSSR count). The summed E-state index contributed by atoms with van der Waals surface area (Å²) in [7, 11) is 1.57. The molecule has 0 spiro atoms. The van der Waals surface area contributed by atoms with E-state index in [0.717, 1.165) is 25.3 Å². The highest BCUT2D eigenvalue weighted by molar-refractivity contribution is 5.89. The van der Waals surface area contributed by atoms with Gasteiger partial charge in [0.2, 0.25) is 0 Å². The average molecular weight is 344 g/mol. The molecular formula is C19H21FN2O3. The van der Waals surface area contributed by atoms with Crippen LogP contribution < -0.4 is 0 Å². The van der Waals surface area contributed by atoms with Gasteiger partial charge in [-0.3, -0.25) is 4.79 Å². The minimum absolute atomic E-state index is 0.258. The summed E-state index contributed by atoms with van der Waals surface area (Å²) >= 11 is 0. The Bertz CT molecular complexity index is 703. The van der Waals surface area contributed by atoms with Crippen LogP contribution in [-0.4, -0.2) is 36.0 Å². The van der Waals surface area contributed by atoms with E-state index in [4.69, 9.17) is 4.74 Å². The van der Waals surface area contributed by atoms with Crippen LogP contribution in [0.3, 0.4) is 0 Å². The maximum absolute atomic E-state index is 13.5. The Balaban J connectivity index is 1.89. The van der Waals surface area contributed by atoms with Gasteiger partial charge in [-0.1, -0.05) is 37.5 Å². The summed E-state index contributed by atoms with van der Waals surface area (Å²) in [4.78, 5) is 25.4. The lowest BCUT2D eigenvalue weighted by atomic mass is 9.81. The Morgan fingerprint density at radius 1 is 1.32 bits per heavy atom. The number of carbonyl (C=O) groups is 2. The van der Waals surface area contributed by atoms with E-state index in [1.807, 2.05) is 0 Å². The van der Waals surface area contributed by atoms with E-state index in [1.54, 1.807) is 19.2 Å². The molecule has 0 radical (unpaired) electrons. The molecular weight excluding hydrogens is 323 g/mol. The summed E-state index contributed by atoms with van der Waals surface area (Å²) in [6.07, 6.45) is 6.49. The number of benzene rings is 1. The monoisotopic (exact) mass is 344 g/mol. The van der Waals surface area contributed by atoms with Crippen LogP contribution in [0.5, 0.6) is 0 Å². The van der Waals surface area contributed by atoms with E-state index >= 15 is 0 Å². The first-order valence-corrected chi connectivity index (χ1v) is 8.26. The molecule has 0 aliphatic heterocycles. The van der Waals surface area contributed by atoms with Crippen molar-refractivity contribution in [1.29, 1.82) is 5.26 Å². The zero-order valence-corrected chi connectivity index (χ0v) is 14.2. The molecule has 0 saturated heterocycles. The number of hydrogen-bond donors (Lipinski definition) is 0. The van der Waals surface area contributed by atoms with Crippen LogP contribution in [0.1, 0.15) is 37.7 Å². The van der Waals surface area contributed by atoms with Crippen molar-refractivity contribution in [2.45, 2.75) is 37.6 Å². The lowest BCUT2D eigenvalue weighted by Crippen LogP contribution is -2.51. The summed E-state index contributed by atoms with van der Waals surface area (Å²) in [5, 5.41) is 9.48. The highest BCUT2D eigenvalue weighted by Crippen LogP contribution is 2.32. The molecule has 1 aliphatic carbocycles. The number of carbonyl (C=O) groups excluding carboxylic acids is 2. The van der Waals surface area contributed by atoms with E-state index in [-0.39, 0.29) is 5.56 Å². The van der Waals surface area contributed by atoms with Crippen LogP contribution >= 0.6 is 0 Å². The number of nitriles is 1. The Morgan fingerprint density at radius 3 is 2.64 bits per heavy atom. The van der Waals surface area contributed by atoms with Crippen molar-refractivity contribution in [3.63, 3.8) is 0 Å². The fourth-order valence-corrected chi connectivity index (χ4v) is 2.94. The highest BCUT2D eigenvalue weighted by Gasteiger charge is 2.38. The van der Waals surface area contributed by atoms with Gasteiger partial charge in [-0.15, -0.1) is 0 Å². The molecule has 1 fully saturated rings. The normalized spacial score (nSPS) is 16.2. The van der Waals surface area contributed by atoms with Crippen LogP contribution in [-0.2, 0) is 14.3 Å². The second-order valence-electron chi connectivity index (χ2n) is 6.12. The molecule has 0 aromatic heterocycles. The van der Waals surface area contributed by atoms with E-state index < -0.39 is 29.8 Å². The summed E-state index contributed by atoms with van der Waals surface area (Å²) < 4.78 is 18.4. The quantitative estimate of drug-likeness (QED) is 0.608. The first-order valence-electron chi connectivity index (χ1n) is 8.26. The lowest BCUT2D eigenvalue weighted by Gasteiger charge is -2.38. The molecule has 0 N–H and O–H groups in total. The topological polar surface area (TPSA) is 70.4 Å². The predicted octanol–water partition coefficient (Wildman–Crippen LogP) is 3.07. The minimum Gasteiger partial charge on any atom is -0.452 e. The van der Waals surface area contributed by atoms with Crippen molar-refractivity contribution in [3.8, 4) is 6.07 Å². The van der Waals surface area contributed by atoms with Gasteiger partial charge in [0, 0.05) is 18.7 Å². The van der Waals surface area contributed by atoms with Crippen LogP contribution in [0, 0.1) is 17.1 Å². The van der Waals surface area contributed by atoms with Gasteiger partial charge in [-0.25, -0.2) is 9.18 Å². The molecule has 1 aromatic carbocycles. The molecule has 1 aliphatic rings. The number of rotatable bonds is 5. The van der Waals surface area contributed by atoms with Gasteiger partial charge in [-0.05, 0) is 25.0 Å². The smallest absolute Gasteiger partial charge is 0.331 e. The molecule has 25 heavy (non-hydrogen) atoms. The maximum atomic E-state index is 13.5. The summed E-state index contributed by atoms with van der Waals surface area (Å²) in [6.45, 7) is -0.444. The molecule has 132 valence electrons. The summed E-state index contributed by atoms with van der Waals surface area (Å²) in [5.74, 6) is -1.61. The van der Waals surface area contributed by atoms with Crippen molar-refractivity contribution in [2.24, 2.45) is 0 Å². The van der Waals surface area contributed by atoms with Gasteiger partial charge in [0.25, 0.3) is 5.91 Å². The molecule has 0 heterocycles. The van der Waals surface area contributed by atoms with E-state index in [2.05, 4.69) is 6.07 Å². The first-order chi connectivity index (χ1) is 12.0. The summed E-state index contributed by atoms with van der Waals surface area (Å²) in [5.41, 5.74) is -0.557. The average Bonchev–Trinajstić information content (AvgIpc) is 2.65. The molecule has 5 nitrogen and oxygen atoms in total. The van der Waals surface area contributed by atoms with Gasteiger partial charge in [0.1, 0.15) is 11.4 Å². The molecule has 0 atom stereocenters. The number of halogens is 1. The number of esters is 1. The fraction of sp³-hybridized carbons (Fsp3) is 0.421. The van der Waals surface area contributed by atoms with Crippen molar-refractivity contribution in [1.82, 2.24) is 4.90 Å². The Hall–Kier alpha value is -2.68. The number of amides is 1. The standard InChI is InChI=1S/C19H21FN2O3/c1-22(19(14-21)11-5-2-6-12-19)17(23)13-25-18(24)10-9-15-7-3-4-8-16(15)20/h3-4,7-10H,2,5-6,11-13H2,1H3. The van der Waals surface area contributed by atoms with Gasteiger partial charge in [-0.2, -0.15) is 5.26 Å². The molecule has 1 saturated carbocycles. The Kier molecular flexibility index (Phi) is 6.29. The first kappa shape index (κ1) is 18.7. The number of nitrogens with zero attached hydrogens (tertiary/aromatic N) is 2. The van der Waals surface area contributed by atoms with E-state index in [1.165, 1.54) is 23.1 Å². The van der Waals surface area contributed by atoms with Crippen LogP contribution in [0.25, 0.3) is 6.08 Å². The second-order valence-corrected chi connectivity index (χ2v) is 6.12. The molecule has 0 bridgehead atoms. The van der Waals surface area contributed by atoms with Crippen LogP contribution in [0.2, 0.25) is 0 Å². The van der Waals surface area contributed by atoms with Gasteiger partial charge in [0.05, 0.1) is 6.07 Å². The minimum atomic E-state index is -0.815. The molecule has 0 unspecified atom stereocenters. The maximum Gasteiger partial charge on any atom is 0.331 e. The zero-order valence-electron chi connectivity index (χ0n) is 14.2. The van der Waals surface area contributed by atoms with Crippen molar-refractivity contribution < 1.29 is 18.7 Å². The van der Waals surface area contributed by atoms with E-state index in [0.29, 0.717) is 12.8 Å². The number of hydrogen-bond acceptors (Lipinski definition) is 4. The molecule has 6 heteroatoms. The third-order valence-electron chi connectivity index (χ3n) is 4.55. The second kappa shape index (κ2) is 8.43.